The van der Waals surface area contributed by atoms with Gasteiger partial charge in [-0.15, -0.1) is 0 Å². The van der Waals surface area contributed by atoms with Gasteiger partial charge in [0.1, 0.15) is 5.56 Å². The summed E-state index contributed by atoms with van der Waals surface area (Å²) in [5.41, 5.74) is 0.747. The number of nitrogens with one attached hydrogen (secondary N) is 2. The van der Waals surface area contributed by atoms with E-state index < -0.39 is 17.7 Å². The van der Waals surface area contributed by atoms with Crippen molar-refractivity contribution >= 4 is 39.8 Å². The first kappa shape index (κ1) is 21.1. The standard InChI is InChI=1S/C21H18F3N3O3/c1-3-30-20(29)17-11-25-18-10-13(21(22,23)24)4-9-16(18)19(17)27-15-7-5-14(6-8-15)26-12(2)28/h4-11H,3H2,1-2H3,(H,25,27)(H,26,28). The highest BCUT2D eigenvalue weighted by molar-refractivity contribution is 6.06. The second-order valence-corrected chi connectivity index (χ2v) is 6.38. The number of amides is 1. The molecule has 0 radical (unpaired) electrons. The Bertz CT molecular complexity index is 1100. The van der Waals surface area contributed by atoms with Crippen molar-refractivity contribution in [2.45, 2.75) is 20.0 Å². The lowest BCUT2D eigenvalue weighted by Gasteiger charge is -2.15. The predicted octanol–water partition coefficient (Wildman–Crippen LogP) is 5.13. The molecule has 0 aliphatic rings. The Balaban J connectivity index is 2.07. The molecular weight excluding hydrogens is 399 g/mol. The van der Waals surface area contributed by atoms with Crippen LogP contribution in [-0.2, 0) is 15.7 Å². The van der Waals surface area contributed by atoms with Crippen LogP contribution in [0.5, 0.6) is 0 Å². The van der Waals surface area contributed by atoms with Crippen LogP contribution in [0.1, 0.15) is 29.8 Å². The van der Waals surface area contributed by atoms with Gasteiger partial charge in [-0.2, -0.15) is 13.2 Å². The first-order valence-corrected chi connectivity index (χ1v) is 9.00. The van der Waals surface area contributed by atoms with Crippen LogP contribution in [0.3, 0.4) is 0 Å². The summed E-state index contributed by atoms with van der Waals surface area (Å²) in [5.74, 6) is -0.870. The van der Waals surface area contributed by atoms with E-state index in [9.17, 15) is 22.8 Å². The molecule has 0 aliphatic carbocycles. The lowest BCUT2D eigenvalue weighted by Crippen LogP contribution is -2.10. The zero-order valence-electron chi connectivity index (χ0n) is 16.1. The quantitative estimate of drug-likeness (QED) is 0.563. The zero-order valence-corrected chi connectivity index (χ0v) is 16.1. The fourth-order valence-electron chi connectivity index (χ4n) is 2.85. The smallest absolute Gasteiger partial charge is 0.416 e. The number of halogens is 3. The number of ether oxygens (including phenoxy) is 1. The number of rotatable bonds is 5. The van der Waals surface area contributed by atoms with E-state index in [-0.39, 0.29) is 29.3 Å². The molecule has 0 atom stereocenters. The van der Waals surface area contributed by atoms with Crippen molar-refractivity contribution in [2.75, 3.05) is 17.2 Å². The summed E-state index contributed by atoms with van der Waals surface area (Å²) in [4.78, 5) is 27.5. The van der Waals surface area contributed by atoms with Crippen molar-refractivity contribution in [3.8, 4) is 0 Å². The fourth-order valence-corrected chi connectivity index (χ4v) is 2.85. The third kappa shape index (κ3) is 4.68. The van der Waals surface area contributed by atoms with Gasteiger partial charge in [-0.1, -0.05) is 6.07 Å². The summed E-state index contributed by atoms with van der Waals surface area (Å²) in [6.45, 7) is 3.17. The van der Waals surface area contributed by atoms with Crippen LogP contribution in [0.4, 0.5) is 30.2 Å². The van der Waals surface area contributed by atoms with E-state index in [1.165, 1.54) is 19.2 Å². The van der Waals surface area contributed by atoms with Crippen LogP contribution in [0.25, 0.3) is 10.9 Å². The van der Waals surface area contributed by atoms with Gasteiger partial charge in [-0.05, 0) is 43.3 Å². The molecule has 0 fully saturated rings. The van der Waals surface area contributed by atoms with Gasteiger partial charge >= 0.3 is 12.1 Å². The highest BCUT2D eigenvalue weighted by atomic mass is 19.4. The third-order valence-electron chi connectivity index (χ3n) is 4.17. The molecule has 156 valence electrons. The lowest BCUT2D eigenvalue weighted by atomic mass is 10.1. The van der Waals surface area contributed by atoms with Crippen LogP contribution in [0.2, 0.25) is 0 Å². The number of fused-ring (bicyclic) bond motifs is 1. The maximum atomic E-state index is 13.1. The van der Waals surface area contributed by atoms with Crippen LogP contribution in [0.15, 0.2) is 48.7 Å². The Labute approximate surface area is 170 Å². The number of nitrogens with zero attached hydrogens (tertiary/aromatic N) is 1. The van der Waals surface area contributed by atoms with Crippen molar-refractivity contribution in [1.29, 1.82) is 0 Å². The minimum Gasteiger partial charge on any atom is -0.462 e. The second-order valence-electron chi connectivity index (χ2n) is 6.38. The van der Waals surface area contributed by atoms with E-state index in [1.807, 2.05) is 0 Å². The molecule has 2 N–H and O–H groups in total. The van der Waals surface area contributed by atoms with Crippen molar-refractivity contribution < 1.29 is 27.5 Å². The Morgan fingerprint density at radius 1 is 1.07 bits per heavy atom. The van der Waals surface area contributed by atoms with Gasteiger partial charge in [0.15, 0.2) is 0 Å². The lowest BCUT2D eigenvalue weighted by molar-refractivity contribution is -0.137. The maximum Gasteiger partial charge on any atom is 0.416 e. The summed E-state index contributed by atoms with van der Waals surface area (Å²) in [5, 5.41) is 6.03. The average molecular weight is 417 g/mol. The number of anilines is 3. The molecule has 1 amide bonds. The third-order valence-corrected chi connectivity index (χ3v) is 4.17. The summed E-state index contributed by atoms with van der Waals surface area (Å²) in [6, 6.07) is 9.76. The van der Waals surface area contributed by atoms with Gasteiger partial charge in [-0.25, -0.2) is 4.79 Å². The van der Waals surface area contributed by atoms with Gasteiger partial charge in [0, 0.05) is 29.9 Å². The molecule has 0 spiro atoms. The molecule has 1 aromatic heterocycles. The number of aromatic nitrogens is 1. The highest BCUT2D eigenvalue weighted by Crippen LogP contribution is 2.35. The Kier molecular flexibility index (Phi) is 5.91. The molecule has 9 heteroatoms. The van der Waals surface area contributed by atoms with Gasteiger partial charge in [0.25, 0.3) is 0 Å². The molecular formula is C21H18F3N3O3. The fraction of sp³-hybridized carbons (Fsp3) is 0.190. The molecule has 0 unspecified atom stereocenters. The molecule has 0 bridgehead atoms. The summed E-state index contributed by atoms with van der Waals surface area (Å²) in [7, 11) is 0. The van der Waals surface area contributed by atoms with Crippen LogP contribution in [-0.4, -0.2) is 23.5 Å². The van der Waals surface area contributed by atoms with Gasteiger partial charge in [0.05, 0.1) is 23.4 Å². The van der Waals surface area contributed by atoms with Crippen molar-refractivity contribution in [1.82, 2.24) is 4.98 Å². The topological polar surface area (TPSA) is 80.3 Å². The van der Waals surface area contributed by atoms with E-state index in [1.54, 1.807) is 31.2 Å². The molecule has 3 rings (SSSR count). The number of carbonyl (C=O) groups is 2. The Hall–Kier alpha value is -3.62. The first-order valence-electron chi connectivity index (χ1n) is 9.00. The van der Waals surface area contributed by atoms with Crippen molar-refractivity contribution in [3.63, 3.8) is 0 Å². The molecule has 3 aromatic rings. The predicted molar refractivity (Wildman–Crippen MR) is 107 cm³/mol. The monoisotopic (exact) mass is 417 g/mol. The number of alkyl halides is 3. The molecule has 0 aliphatic heterocycles. The maximum absolute atomic E-state index is 13.1. The van der Waals surface area contributed by atoms with Crippen molar-refractivity contribution in [3.05, 3.63) is 59.8 Å². The number of hydrogen-bond acceptors (Lipinski definition) is 5. The zero-order chi connectivity index (χ0) is 21.9. The second kappa shape index (κ2) is 8.40. The highest BCUT2D eigenvalue weighted by Gasteiger charge is 2.31. The number of carbonyl (C=O) groups excluding carboxylic acids is 2. The molecule has 6 nitrogen and oxygen atoms in total. The minimum absolute atomic E-state index is 0.0789. The number of benzene rings is 2. The molecule has 1 heterocycles. The van der Waals surface area contributed by atoms with Gasteiger partial charge < -0.3 is 15.4 Å². The average Bonchev–Trinajstić information content (AvgIpc) is 2.68. The minimum atomic E-state index is -4.51. The van der Waals surface area contributed by atoms with Crippen molar-refractivity contribution in [2.24, 2.45) is 0 Å². The SMILES string of the molecule is CCOC(=O)c1cnc2cc(C(F)(F)F)ccc2c1Nc1ccc(NC(C)=O)cc1. The normalized spacial score (nSPS) is 11.2. The molecule has 0 saturated carbocycles. The van der Waals surface area contributed by atoms with Crippen LogP contribution >= 0.6 is 0 Å². The Morgan fingerprint density at radius 3 is 2.33 bits per heavy atom. The van der Waals surface area contributed by atoms with E-state index in [0.717, 1.165) is 12.1 Å². The summed E-state index contributed by atoms with van der Waals surface area (Å²) < 4.78 is 44.2. The number of pyridine rings is 1. The van der Waals surface area contributed by atoms with Gasteiger partial charge in [-0.3, -0.25) is 9.78 Å². The van der Waals surface area contributed by atoms with E-state index in [2.05, 4.69) is 15.6 Å². The van der Waals surface area contributed by atoms with Crippen LogP contribution < -0.4 is 10.6 Å². The van der Waals surface area contributed by atoms with Crippen LogP contribution in [0, 0.1) is 0 Å². The molecule has 0 saturated heterocycles. The molecule has 30 heavy (non-hydrogen) atoms. The van der Waals surface area contributed by atoms with E-state index >= 15 is 0 Å². The van der Waals surface area contributed by atoms with E-state index in [4.69, 9.17) is 4.74 Å². The largest absolute Gasteiger partial charge is 0.462 e. The number of esters is 1. The molecule has 2 aromatic carbocycles. The Morgan fingerprint density at radius 2 is 1.73 bits per heavy atom. The number of hydrogen-bond donors (Lipinski definition) is 2. The van der Waals surface area contributed by atoms with E-state index in [0.29, 0.717) is 16.8 Å². The van der Waals surface area contributed by atoms with Gasteiger partial charge in [0.2, 0.25) is 5.91 Å². The summed E-state index contributed by atoms with van der Waals surface area (Å²) in [6.07, 6.45) is -3.32. The first-order chi connectivity index (χ1) is 14.2. The summed E-state index contributed by atoms with van der Waals surface area (Å²) >= 11 is 0.